The first-order valence-electron chi connectivity index (χ1n) is 6.60. The van der Waals surface area contributed by atoms with E-state index in [9.17, 15) is 19.6 Å². The van der Waals surface area contributed by atoms with Gasteiger partial charge in [0.05, 0.1) is 0 Å². The largest absolute Gasteiger partial charge is 0.331 e. The second-order valence-corrected chi connectivity index (χ2v) is 5.87. The Balaban J connectivity index is 2.45. The third kappa shape index (κ3) is 3.35. The van der Waals surface area contributed by atoms with Gasteiger partial charge in [-0.2, -0.15) is 5.26 Å². The molecule has 0 saturated carbocycles. The van der Waals surface area contributed by atoms with Gasteiger partial charge in [-0.05, 0) is 24.3 Å². The molecule has 0 aliphatic rings. The van der Waals surface area contributed by atoms with Gasteiger partial charge in [0.1, 0.15) is 16.7 Å². The molecule has 0 radical (unpaired) electrons. The molecule has 2 aromatic rings. The second kappa shape index (κ2) is 6.54. The quantitative estimate of drug-likeness (QED) is 0.849. The van der Waals surface area contributed by atoms with E-state index >= 15 is 0 Å². The molecule has 0 unspecified atom stereocenters. The summed E-state index contributed by atoms with van der Waals surface area (Å²) in [7, 11) is 2.85. The Kier molecular flexibility index (Phi) is 4.71. The van der Waals surface area contributed by atoms with Gasteiger partial charge in [-0.3, -0.25) is 18.7 Å². The van der Waals surface area contributed by atoms with Crippen LogP contribution in [0.5, 0.6) is 0 Å². The van der Waals surface area contributed by atoms with Crippen molar-refractivity contribution in [2.45, 2.75) is 16.8 Å². The second-order valence-electron chi connectivity index (χ2n) is 4.81. The van der Waals surface area contributed by atoms with Crippen molar-refractivity contribution in [3.63, 3.8) is 0 Å². The van der Waals surface area contributed by atoms with Gasteiger partial charge in [0.15, 0.2) is 0 Å². The monoisotopic (exact) mass is 330 g/mol. The lowest BCUT2D eigenvalue weighted by molar-refractivity contribution is -0.114. The number of nitrogens with one attached hydrogen (secondary N) is 1. The van der Waals surface area contributed by atoms with Crippen LogP contribution >= 0.6 is 11.8 Å². The lowest BCUT2D eigenvalue weighted by Gasteiger charge is -2.11. The van der Waals surface area contributed by atoms with E-state index in [1.807, 2.05) is 6.07 Å². The zero-order chi connectivity index (χ0) is 17.1. The number of aromatic nitrogens is 2. The number of nitriles is 1. The van der Waals surface area contributed by atoms with Crippen molar-refractivity contribution in [3.05, 3.63) is 50.7 Å². The van der Waals surface area contributed by atoms with Crippen LogP contribution in [0.3, 0.4) is 0 Å². The first kappa shape index (κ1) is 16.6. The summed E-state index contributed by atoms with van der Waals surface area (Å²) in [5, 5.41) is 12.2. The van der Waals surface area contributed by atoms with E-state index in [4.69, 9.17) is 0 Å². The Morgan fingerprint density at radius 3 is 2.30 bits per heavy atom. The van der Waals surface area contributed by atoms with Gasteiger partial charge in [0, 0.05) is 31.6 Å². The minimum absolute atomic E-state index is 0.0782. The highest BCUT2D eigenvalue weighted by atomic mass is 32.2. The van der Waals surface area contributed by atoms with Gasteiger partial charge in [0.2, 0.25) is 5.91 Å². The number of hydrogen-bond donors (Lipinski definition) is 1. The van der Waals surface area contributed by atoms with Gasteiger partial charge < -0.3 is 5.32 Å². The molecule has 23 heavy (non-hydrogen) atoms. The minimum Gasteiger partial charge on any atom is -0.326 e. The van der Waals surface area contributed by atoms with Crippen molar-refractivity contribution in [1.82, 2.24) is 9.13 Å². The first-order chi connectivity index (χ1) is 10.8. The standard InChI is InChI=1S/C15H14N4O3S/c1-9(20)17-10-4-6-11(7-5-10)23-14-12(8-16)13(21)18(2)15(22)19(14)3/h4-7H,1-3H3,(H,17,20). The maximum absolute atomic E-state index is 12.0. The van der Waals surface area contributed by atoms with Crippen LogP contribution < -0.4 is 16.6 Å². The molecule has 0 saturated heterocycles. The normalized spacial score (nSPS) is 10.2. The van der Waals surface area contributed by atoms with Crippen molar-refractivity contribution in [2.75, 3.05) is 5.32 Å². The number of carbonyl (C=O) groups is 1. The van der Waals surface area contributed by atoms with Crippen molar-refractivity contribution >= 4 is 23.4 Å². The van der Waals surface area contributed by atoms with Gasteiger partial charge in [-0.25, -0.2) is 4.79 Å². The molecule has 8 heteroatoms. The Bertz CT molecular complexity index is 920. The number of hydrogen-bond acceptors (Lipinski definition) is 5. The molecule has 0 fully saturated rings. The Morgan fingerprint density at radius 1 is 1.17 bits per heavy atom. The number of benzene rings is 1. The molecule has 2 rings (SSSR count). The predicted molar refractivity (Wildman–Crippen MR) is 86.5 cm³/mol. The van der Waals surface area contributed by atoms with Gasteiger partial charge in [-0.1, -0.05) is 11.8 Å². The zero-order valence-electron chi connectivity index (χ0n) is 12.8. The third-order valence-electron chi connectivity index (χ3n) is 3.11. The number of amides is 1. The summed E-state index contributed by atoms with van der Waals surface area (Å²) in [5.41, 5.74) is -0.551. The van der Waals surface area contributed by atoms with E-state index in [2.05, 4.69) is 5.32 Å². The molecule has 7 nitrogen and oxygen atoms in total. The molecule has 118 valence electrons. The molecule has 0 aliphatic heterocycles. The van der Waals surface area contributed by atoms with E-state index in [0.717, 1.165) is 21.2 Å². The molecule has 0 spiro atoms. The van der Waals surface area contributed by atoms with E-state index < -0.39 is 11.2 Å². The zero-order valence-corrected chi connectivity index (χ0v) is 13.6. The molecule has 0 bridgehead atoms. The molecular formula is C15H14N4O3S. The summed E-state index contributed by atoms with van der Waals surface area (Å²) < 4.78 is 2.18. The third-order valence-corrected chi connectivity index (χ3v) is 4.29. The predicted octanol–water partition coefficient (Wildman–Crippen LogP) is 1.07. The summed E-state index contributed by atoms with van der Waals surface area (Å²) in [5.74, 6) is -0.175. The molecule has 1 N–H and O–H groups in total. The lowest BCUT2D eigenvalue weighted by Crippen LogP contribution is -2.39. The highest BCUT2D eigenvalue weighted by Crippen LogP contribution is 2.28. The maximum Gasteiger partial charge on any atom is 0.331 e. The topological polar surface area (TPSA) is 96.9 Å². The molecule has 1 aromatic heterocycles. The van der Waals surface area contributed by atoms with Gasteiger partial charge >= 0.3 is 5.69 Å². The fourth-order valence-corrected chi connectivity index (χ4v) is 2.91. The average molecular weight is 330 g/mol. The number of anilines is 1. The molecular weight excluding hydrogens is 316 g/mol. The highest BCUT2D eigenvalue weighted by Gasteiger charge is 2.16. The summed E-state index contributed by atoms with van der Waals surface area (Å²) in [6, 6.07) is 8.74. The average Bonchev–Trinajstić information content (AvgIpc) is 2.52. The highest BCUT2D eigenvalue weighted by molar-refractivity contribution is 7.99. The van der Waals surface area contributed by atoms with Crippen molar-refractivity contribution in [3.8, 4) is 6.07 Å². The van der Waals surface area contributed by atoms with E-state index in [1.54, 1.807) is 24.3 Å². The fourth-order valence-electron chi connectivity index (χ4n) is 1.96. The van der Waals surface area contributed by atoms with Gasteiger partial charge in [-0.15, -0.1) is 0 Å². The van der Waals surface area contributed by atoms with Gasteiger partial charge in [0.25, 0.3) is 5.56 Å². The first-order valence-corrected chi connectivity index (χ1v) is 7.42. The van der Waals surface area contributed by atoms with Crippen molar-refractivity contribution in [1.29, 1.82) is 5.26 Å². The molecule has 1 aromatic carbocycles. The fraction of sp³-hybridized carbons (Fsp3) is 0.200. The molecule has 0 atom stereocenters. The summed E-state index contributed by atoms with van der Waals surface area (Å²) in [6.07, 6.45) is 0. The van der Waals surface area contributed by atoms with Crippen molar-refractivity contribution in [2.24, 2.45) is 14.1 Å². The number of carbonyl (C=O) groups excluding carboxylic acids is 1. The van der Waals surface area contributed by atoms with Crippen LogP contribution in [0.25, 0.3) is 0 Å². The summed E-state index contributed by atoms with van der Waals surface area (Å²) in [6.45, 7) is 1.41. The SMILES string of the molecule is CC(=O)Nc1ccc(Sc2c(C#N)c(=O)n(C)c(=O)n2C)cc1. The van der Waals surface area contributed by atoms with Crippen LogP contribution in [0, 0.1) is 11.3 Å². The maximum atomic E-state index is 12.0. The molecule has 1 amide bonds. The van der Waals surface area contributed by atoms with E-state index in [1.165, 1.54) is 25.6 Å². The summed E-state index contributed by atoms with van der Waals surface area (Å²) in [4.78, 5) is 35.8. The minimum atomic E-state index is -0.618. The Labute approximate surface area is 136 Å². The summed E-state index contributed by atoms with van der Waals surface area (Å²) >= 11 is 1.14. The van der Waals surface area contributed by atoms with Crippen LogP contribution in [-0.2, 0) is 18.9 Å². The van der Waals surface area contributed by atoms with Crippen LogP contribution in [-0.4, -0.2) is 15.0 Å². The molecule has 0 aliphatic carbocycles. The molecule has 1 heterocycles. The Hall–Kier alpha value is -2.79. The van der Waals surface area contributed by atoms with Crippen LogP contribution in [0.1, 0.15) is 12.5 Å². The van der Waals surface area contributed by atoms with Crippen LogP contribution in [0.15, 0.2) is 43.8 Å². The van der Waals surface area contributed by atoms with Crippen LogP contribution in [0.2, 0.25) is 0 Å². The van der Waals surface area contributed by atoms with E-state index in [0.29, 0.717) is 5.69 Å². The number of rotatable bonds is 3. The van der Waals surface area contributed by atoms with E-state index in [-0.39, 0.29) is 16.5 Å². The number of nitrogens with zero attached hydrogens (tertiary/aromatic N) is 3. The smallest absolute Gasteiger partial charge is 0.326 e. The van der Waals surface area contributed by atoms with Crippen molar-refractivity contribution < 1.29 is 4.79 Å². The Morgan fingerprint density at radius 2 is 1.78 bits per heavy atom. The van der Waals surface area contributed by atoms with Crippen LogP contribution in [0.4, 0.5) is 5.69 Å². The lowest BCUT2D eigenvalue weighted by atomic mass is 10.3.